The number of carbonyl (C=O) groups excluding carboxylic acids is 2. The molecule has 0 aliphatic carbocycles. The van der Waals surface area contributed by atoms with E-state index in [1.54, 1.807) is 68.6 Å². The molecule has 1 N–H and O–H groups in total. The maximum Gasteiger partial charge on any atom is 0.334 e. The molecular formula is C23H21FN2O4. The molecule has 1 atom stereocenters. The van der Waals surface area contributed by atoms with E-state index in [0.29, 0.717) is 17.4 Å². The van der Waals surface area contributed by atoms with Gasteiger partial charge in [-0.25, -0.2) is 14.2 Å². The van der Waals surface area contributed by atoms with E-state index in [0.717, 1.165) is 0 Å². The summed E-state index contributed by atoms with van der Waals surface area (Å²) in [6.45, 7) is 3.52. The van der Waals surface area contributed by atoms with Gasteiger partial charge in [-0.05, 0) is 48.4 Å². The van der Waals surface area contributed by atoms with Gasteiger partial charge in [0.25, 0.3) is 5.91 Å². The third kappa shape index (κ3) is 5.41. The summed E-state index contributed by atoms with van der Waals surface area (Å²) in [6.07, 6.45) is 1.62. The molecule has 0 saturated heterocycles. The number of halogens is 1. The Kier molecular flexibility index (Phi) is 6.75. The van der Waals surface area contributed by atoms with Gasteiger partial charge in [-0.3, -0.25) is 4.79 Å². The zero-order chi connectivity index (χ0) is 21.5. The van der Waals surface area contributed by atoms with E-state index in [-0.39, 0.29) is 11.5 Å². The fourth-order valence-corrected chi connectivity index (χ4v) is 2.65. The van der Waals surface area contributed by atoms with E-state index >= 15 is 0 Å². The summed E-state index contributed by atoms with van der Waals surface area (Å²) in [5.74, 6) is -0.982. The Bertz CT molecular complexity index is 1010. The number of rotatable bonds is 7. The fraction of sp³-hybridized carbons (Fsp3) is 0.174. The van der Waals surface area contributed by atoms with E-state index in [9.17, 15) is 14.0 Å². The number of aromatic nitrogens is 1. The third-order valence-corrected chi connectivity index (χ3v) is 4.23. The van der Waals surface area contributed by atoms with Crippen molar-refractivity contribution < 1.29 is 23.5 Å². The number of hydrogen-bond acceptors (Lipinski definition) is 5. The van der Waals surface area contributed by atoms with Crippen LogP contribution in [0.5, 0.6) is 17.4 Å². The second-order valence-corrected chi connectivity index (χ2v) is 6.84. The van der Waals surface area contributed by atoms with Crippen molar-refractivity contribution in [1.29, 1.82) is 0 Å². The minimum Gasteiger partial charge on any atom is -0.439 e. The van der Waals surface area contributed by atoms with Crippen molar-refractivity contribution in [2.24, 2.45) is 5.92 Å². The quantitative estimate of drug-likeness (QED) is 0.464. The number of nitrogens with zero attached hydrogens (tertiary/aromatic N) is 1. The van der Waals surface area contributed by atoms with E-state index in [4.69, 9.17) is 9.47 Å². The summed E-state index contributed by atoms with van der Waals surface area (Å²) >= 11 is 0. The Hall–Kier alpha value is -3.74. The van der Waals surface area contributed by atoms with Gasteiger partial charge in [0.2, 0.25) is 5.88 Å². The average Bonchev–Trinajstić information content (AvgIpc) is 2.74. The van der Waals surface area contributed by atoms with Crippen LogP contribution in [0, 0.1) is 11.7 Å². The Morgan fingerprint density at radius 1 is 0.933 bits per heavy atom. The second-order valence-electron chi connectivity index (χ2n) is 6.84. The van der Waals surface area contributed by atoms with Gasteiger partial charge < -0.3 is 14.8 Å². The maximum atomic E-state index is 13.8. The van der Waals surface area contributed by atoms with Crippen molar-refractivity contribution in [2.75, 3.05) is 0 Å². The predicted octanol–water partition coefficient (Wildman–Crippen LogP) is 4.37. The highest BCUT2D eigenvalue weighted by molar-refractivity contribution is 5.97. The molecule has 0 spiro atoms. The number of esters is 1. The molecule has 3 aromatic rings. The first-order valence-electron chi connectivity index (χ1n) is 9.40. The molecule has 154 valence electrons. The average molecular weight is 408 g/mol. The molecule has 0 bridgehead atoms. The lowest BCUT2D eigenvalue weighted by atomic mass is 10.0. The molecule has 6 nitrogen and oxygen atoms in total. The van der Waals surface area contributed by atoms with Crippen LogP contribution in [-0.4, -0.2) is 22.9 Å². The summed E-state index contributed by atoms with van der Waals surface area (Å²) in [4.78, 5) is 29.1. The lowest BCUT2D eigenvalue weighted by Crippen LogP contribution is -2.46. The van der Waals surface area contributed by atoms with E-state index in [1.807, 2.05) is 0 Å². The molecule has 1 amide bonds. The Labute approximate surface area is 173 Å². The molecule has 2 aromatic carbocycles. The largest absolute Gasteiger partial charge is 0.439 e. The molecule has 7 heteroatoms. The van der Waals surface area contributed by atoms with Crippen molar-refractivity contribution in [1.82, 2.24) is 10.3 Å². The summed E-state index contributed by atoms with van der Waals surface area (Å²) in [6, 6.07) is 16.4. The molecule has 0 aliphatic heterocycles. The predicted molar refractivity (Wildman–Crippen MR) is 109 cm³/mol. The monoisotopic (exact) mass is 408 g/mol. The van der Waals surface area contributed by atoms with Crippen LogP contribution in [0.1, 0.15) is 24.2 Å². The van der Waals surface area contributed by atoms with Crippen LogP contribution >= 0.6 is 0 Å². The van der Waals surface area contributed by atoms with E-state index < -0.39 is 23.7 Å². The van der Waals surface area contributed by atoms with E-state index in [2.05, 4.69) is 10.3 Å². The number of nitrogens with one attached hydrogen (secondary N) is 1. The standard InChI is InChI=1S/C23H21FN2O4/c1-15(2)21(26-22(27)18-7-3-4-8-19(18)24)23(28)30-17-12-10-16(11-13-17)29-20-9-5-6-14-25-20/h3-15,21H,1-2H3,(H,26,27). The van der Waals surface area contributed by atoms with Crippen LogP contribution in [0.2, 0.25) is 0 Å². The molecule has 1 unspecified atom stereocenters. The highest BCUT2D eigenvalue weighted by atomic mass is 19.1. The summed E-state index contributed by atoms with van der Waals surface area (Å²) in [5, 5.41) is 2.55. The number of pyridine rings is 1. The first-order valence-corrected chi connectivity index (χ1v) is 9.40. The summed E-state index contributed by atoms with van der Waals surface area (Å²) in [7, 11) is 0. The molecule has 0 saturated carbocycles. The van der Waals surface area contributed by atoms with Crippen LogP contribution in [0.15, 0.2) is 72.9 Å². The van der Waals surface area contributed by atoms with Gasteiger partial charge in [-0.15, -0.1) is 0 Å². The third-order valence-electron chi connectivity index (χ3n) is 4.23. The maximum absolute atomic E-state index is 13.8. The van der Waals surface area contributed by atoms with Crippen molar-refractivity contribution in [3.05, 3.63) is 84.3 Å². The lowest BCUT2D eigenvalue weighted by Gasteiger charge is -2.21. The second kappa shape index (κ2) is 9.65. The van der Waals surface area contributed by atoms with Gasteiger partial charge in [-0.1, -0.05) is 32.0 Å². The highest BCUT2D eigenvalue weighted by Gasteiger charge is 2.27. The highest BCUT2D eigenvalue weighted by Crippen LogP contribution is 2.23. The molecule has 30 heavy (non-hydrogen) atoms. The van der Waals surface area contributed by atoms with Gasteiger partial charge in [0.15, 0.2) is 0 Å². The number of amides is 1. The lowest BCUT2D eigenvalue weighted by molar-refractivity contribution is -0.137. The van der Waals surface area contributed by atoms with Gasteiger partial charge in [0.05, 0.1) is 5.56 Å². The minimum absolute atomic E-state index is 0.132. The van der Waals surface area contributed by atoms with Crippen LogP contribution in [-0.2, 0) is 4.79 Å². The van der Waals surface area contributed by atoms with Crippen LogP contribution in [0.4, 0.5) is 4.39 Å². The molecule has 1 heterocycles. The Balaban J connectivity index is 1.65. The zero-order valence-electron chi connectivity index (χ0n) is 16.5. The van der Waals surface area contributed by atoms with Crippen molar-refractivity contribution in [3.8, 4) is 17.4 Å². The first-order chi connectivity index (χ1) is 14.4. The molecule has 0 aliphatic rings. The summed E-state index contributed by atoms with van der Waals surface area (Å²) in [5.41, 5.74) is -0.132. The summed E-state index contributed by atoms with van der Waals surface area (Å²) < 4.78 is 24.8. The SMILES string of the molecule is CC(C)C(NC(=O)c1ccccc1F)C(=O)Oc1ccc(Oc2ccccn2)cc1. The molecular weight excluding hydrogens is 387 g/mol. The van der Waals surface area contributed by atoms with Crippen LogP contribution < -0.4 is 14.8 Å². The van der Waals surface area contributed by atoms with Gasteiger partial charge >= 0.3 is 5.97 Å². The van der Waals surface area contributed by atoms with Gasteiger partial charge in [0, 0.05) is 12.3 Å². The Morgan fingerprint density at radius 2 is 1.60 bits per heavy atom. The number of hydrogen-bond donors (Lipinski definition) is 1. The van der Waals surface area contributed by atoms with Gasteiger partial charge in [-0.2, -0.15) is 0 Å². The number of carbonyl (C=O) groups is 2. The molecule has 0 fully saturated rings. The van der Waals surface area contributed by atoms with Crippen LogP contribution in [0.3, 0.4) is 0 Å². The van der Waals surface area contributed by atoms with Crippen LogP contribution in [0.25, 0.3) is 0 Å². The molecule has 1 aromatic heterocycles. The topological polar surface area (TPSA) is 77.5 Å². The van der Waals surface area contributed by atoms with Crippen molar-refractivity contribution in [2.45, 2.75) is 19.9 Å². The number of benzene rings is 2. The Morgan fingerprint density at radius 3 is 2.23 bits per heavy atom. The molecule has 0 radical (unpaired) electrons. The van der Waals surface area contributed by atoms with Crippen molar-refractivity contribution in [3.63, 3.8) is 0 Å². The first kappa shape index (κ1) is 21.0. The van der Waals surface area contributed by atoms with E-state index in [1.165, 1.54) is 18.2 Å². The van der Waals surface area contributed by atoms with Crippen molar-refractivity contribution >= 4 is 11.9 Å². The smallest absolute Gasteiger partial charge is 0.334 e. The zero-order valence-corrected chi connectivity index (χ0v) is 16.5. The van der Waals surface area contributed by atoms with Gasteiger partial charge in [0.1, 0.15) is 23.4 Å². The number of ether oxygens (including phenoxy) is 2. The normalized spacial score (nSPS) is 11.6. The molecule has 3 rings (SSSR count). The fourth-order valence-electron chi connectivity index (χ4n) is 2.65. The minimum atomic E-state index is -0.943.